The SMILES string of the molecule is Cc1ccc(CN2C(C)CN(C)CC2CC#N)cc1. The van der Waals surface area contributed by atoms with Crippen LogP contribution in [0.5, 0.6) is 0 Å². The number of nitrogens with zero attached hydrogens (tertiary/aromatic N) is 3. The van der Waals surface area contributed by atoms with Crippen molar-refractivity contribution in [2.24, 2.45) is 0 Å². The average molecular weight is 257 g/mol. The van der Waals surface area contributed by atoms with E-state index in [9.17, 15) is 0 Å². The Morgan fingerprint density at radius 3 is 2.58 bits per heavy atom. The van der Waals surface area contributed by atoms with Crippen LogP contribution in [0.2, 0.25) is 0 Å². The minimum absolute atomic E-state index is 0.347. The number of likely N-dealkylation sites (N-methyl/N-ethyl adjacent to an activating group) is 1. The summed E-state index contributed by atoms with van der Waals surface area (Å²) in [5.74, 6) is 0. The van der Waals surface area contributed by atoms with Crippen molar-refractivity contribution in [3.8, 4) is 6.07 Å². The smallest absolute Gasteiger partial charge is 0.0638 e. The monoisotopic (exact) mass is 257 g/mol. The molecule has 0 bridgehead atoms. The van der Waals surface area contributed by atoms with Crippen LogP contribution < -0.4 is 0 Å². The van der Waals surface area contributed by atoms with Gasteiger partial charge >= 0.3 is 0 Å². The van der Waals surface area contributed by atoms with Crippen molar-refractivity contribution >= 4 is 0 Å². The highest BCUT2D eigenvalue weighted by Crippen LogP contribution is 2.20. The van der Waals surface area contributed by atoms with E-state index >= 15 is 0 Å². The normalized spacial score (nSPS) is 25.2. The van der Waals surface area contributed by atoms with Gasteiger partial charge in [-0.3, -0.25) is 4.90 Å². The van der Waals surface area contributed by atoms with Gasteiger partial charge in [0.15, 0.2) is 0 Å². The lowest BCUT2D eigenvalue weighted by Crippen LogP contribution is -2.55. The summed E-state index contributed by atoms with van der Waals surface area (Å²) in [5, 5.41) is 9.02. The highest BCUT2D eigenvalue weighted by Gasteiger charge is 2.30. The van der Waals surface area contributed by atoms with Crippen molar-refractivity contribution in [1.82, 2.24) is 9.80 Å². The molecule has 2 atom stereocenters. The number of piperazine rings is 1. The van der Waals surface area contributed by atoms with Crippen LogP contribution in [0.1, 0.15) is 24.5 Å². The van der Waals surface area contributed by atoms with Crippen molar-refractivity contribution < 1.29 is 0 Å². The highest BCUT2D eigenvalue weighted by molar-refractivity contribution is 5.21. The third-order valence-corrected chi connectivity index (χ3v) is 3.95. The highest BCUT2D eigenvalue weighted by atomic mass is 15.3. The van der Waals surface area contributed by atoms with Gasteiger partial charge in [0, 0.05) is 31.7 Å². The van der Waals surface area contributed by atoms with E-state index in [0.29, 0.717) is 18.5 Å². The Kier molecular flexibility index (Phi) is 4.57. The molecule has 19 heavy (non-hydrogen) atoms. The van der Waals surface area contributed by atoms with E-state index in [2.05, 4.69) is 61.0 Å². The topological polar surface area (TPSA) is 30.3 Å². The fourth-order valence-corrected chi connectivity index (χ4v) is 2.93. The van der Waals surface area contributed by atoms with Crippen LogP contribution >= 0.6 is 0 Å². The Morgan fingerprint density at radius 1 is 1.26 bits per heavy atom. The Hall–Kier alpha value is -1.37. The molecular weight excluding hydrogens is 234 g/mol. The van der Waals surface area contributed by atoms with Crippen LogP contribution in [0.4, 0.5) is 0 Å². The lowest BCUT2D eigenvalue weighted by atomic mass is 10.0. The lowest BCUT2D eigenvalue weighted by Gasteiger charge is -2.44. The summed E-state index contributed by atoms with van der Waals surface area (Å²) in [5.41, 5.74) is 2.63. The molecule has 0 radical (unpaired) electrons. The van der Waals surface area contributed by atoms with Crippen LogP contribution in [-0.2, 0) is 6.54 Å². The number of hydrogen-bond donors (Lipinski definition) is 0. The minimum Gasteiger partial charge on any atom is -0.303 e. The van der Waals surface area contributed by atoms with E-state index in [-0.39, 0.29) is 0 Å². The van der Waals surface area contributed by atoms with E-state index in [1.54, 1.807) is 0 Å². The van der Waals surface area contributed by atoms with E-state index < -0.39 is 0 Å². The van der Waals surface area contributed by atoms with Crippen molar-refractivity contribution in [3.05, 3.63) is 35.4 Å². The first-order valence-electron chi connectivity index (χ1n) is 6.97. The van der Waals surface area contributed by atoms with Gasteiger partial charge in [0.05, 0.1) is 12.5 Å². The maximum absolute atomic E-state index is 9.02. The van der Waals surface area contributed by atoms with Crippen molar-refractivity contribution in [2.45, 2.75) is 38.9 Å². The molecule has 102 valence electrons. The lowest BCUT2D eigenvalue weighted by molar-refractivity contribution is 0.0391. The molecule has 3 nitrogen and oxygen atoms in total. The second-order valence-corrected chi connectivity index (χ2v) is 5.74. The molecule has 0 aliphatic carbocycles. The van der Waals surface area contributed by atoms with E-state index in [1.807, 2.05) is 0 Å². The van der Waals surface area contributed by atoms with Gasteiger partial charge in [-0.2, -0.15) is 5.26 Å². The first-order valence-corrected chi connectivity index (χ1v) is 6.97. The number of hydrogen-bond acceptors (Lipinski definition) is 3. The first-order chi connectivity index (χ1) is 9.10. The Balaban J connectivity index is 2.10. The fraction of sp³-hybridized carbons (Fsp3) is 0.562. The minimum atomic E-state index is 0.347. The van der Waals surface area contributed by atoms with Crippen LogP contribution in [-0.4, -0.2) is 42.0 Å². The van der Waals surface area contributed by atoms with Crippen LogP contribution in [0.25, 0.3) is 0 Å². The zero-order chi connectivity index (χ0) is 13.8. The van der Waals surface area contributed by atoms with E-state index in [0.717, 1.165) is 19.6 Å². The van der Waals surface area contributed by atoms with Crippen LogP contribution in [0.15, 0.2) is 24.3 Å². The molecule has 1 aliphatic heterocycles. The van der Waals surface area contributed by atoms with Crippen molar-refractivity contribution in [2.75, 3.05) is 20.1 Å². The zero-order valence-electron chi connectivity index (χ0n) is 12.1. The molecule has 0 saturated carbocycles. The van der Waals surface area contributed by atoms with E-state index in [1.165, 1.54) is 11.1 Å². The molecule has 1 aromatic rings. The van der Waals surface area contributed by atoms with Crippen LogP contribution in [0.3, 0.4) is 0 Å². The summed E-state index contributed by atoms with van der Waals surface area (Å²) in [6, 6.07) is 11.9. The second-order valence-electron chi connectivity index (χ2n) is 5.74. The maximum atomic E-state index is 9.02. The zero-order valence-corrected chi connectivity index (χ0v) is 12.1. The summed E-state index contributed by atoms with van der Waals surface area (Å²) < 4.78 is 0. The molecule has 1 fully saturated rings. The molecule has 1 aromatic carbocycles. The van der Waals surface area contributed by atoms with Crippen molar-refractivity contribution in [3.63, 3.8) is 0 Å². The third kappa shape index (κ3) is 3.56. The van der Waals surface area contributed by atoms with Gasteiger partial charge in [-0.15, -0.1) is 0 Å². The van der Waals surface area contributed by atoms with Gasteiger partial charge < -0.3 is 4.90 Å². The third-order valence-electron chi connectivity index (χ3n) is 3.95. The van der Waals surface area contributed by atoms with Crippen LogP contribution in [0, 0.1) is 18.3 Å². The van der Waals surface area contributed by atoms with Crippen molar-refractivity contribution in [1.29, 1.82) is 5.26 Å². The summed E-state index contributed by atoms with van der Waals surface area (Å²) >= 11 is 0. The van der Waals surface area contributed by atoms with Gasteiger partial charge in [0.1, 0.15) is 0 Å². The molecule has 0 aromatic heterocycles. The second kappa shape index (κ2) is 6.18. The number of benzene rings is 1. The molecule has 1 aliphatic rings. The van der Waals surface area contributed by atoms with Gasteiger partial charge in [0.2, 0.25) is 0 Å². The van der Waals surface area contributed by atoms with E-state index in [4.69, 9.17) is 5.26 Å². The molecule has 2 rings (SSSR count). The largest absolute Gasteiger partial charge is 0.303 e. The fourth-order valence-electron chi connectivity index (χ4n) is 2.93. The van der Waals surface area contributed by atoms with Gasteiger partial charge in [0.25, 0.3) is 0 Å². The van der Waals surface area contributed by atoms with Gasteiger partial charge in [-0.05, 0) is 26.5 Å². The summed E-state index contributed by atoms with van der Waals surface area (Å²) in [6.07, 6.45) is 0.612. The predicted molar refractivity (Wildman–Crippen MR) is 77.7 cm³/mol. The molecule has 0 N–H and O–H groups in total. The molecule has 1 heterocycles. The molecule has 3 heteroatoms. The molecule has 2 unspecified atom stereocenters. The summed E-state index contributed by atoms with van der Waals surface area (Å²) in [4.78, 5) is 4.81. The maximum Gasteiger partial charge on any atom is 0.0638 e. The first kappa shape index (κ1) is 14.0. The standard InChI is InChI=1S/C16H23N3/c1-13-4-6-15(7-5-13)11-19-14(2)10-18(3)12-16(19)8-9-17/h4-7,14,16H,8,10-12H2,1-3H3. The summed E-state index contributed by atoms with van der Waals surface area (Å²) in [7, 11) is 2.14. The number of nitriles is 1. The summed E-state index contributed by atoms with van der Waals surface area (Å²) in [6.45, 7) is 7.38. The molecule has 0 spiro atoms. The molecular formula is C16H23N3. The number of rotatable bonds is 3. The predicted octanol–water partition coefficient (Wildman–Crippen LogP) is 2.41. The average Bonchev–Trinajstić information content (AvgIpc) is 2.36. The number of aryl methyl sites for hydroxylation is 1. The van der Waals surface area contributed by atoms with Gasteiger partial charge in [-0.25, -0.2) is 0 Å². The Bertz CT molecular complexity index is 446. The quantitative estimate of drug-likeness (QED) is 0.833. The molecule has 0 amide bonds. The molecule has 1 saturated heterocycles. The Morgan fingerprint density at radius 2 is 1.95 bits per heavy atom. The Labute approximate surface area is 116 Å². The van der Waals surface area contributed by atoms with Gasteiger partial charge in [-0.1, -0.05) is 29.8 Å².